The molecule has 1 aromatic carbocycles. The first-order chi connectivity index (χ1) is 9.20. The number of nitriles is 1. The van der Waals surface area contributed by atoms with E-state index >= 15 is 0 Å². The standard InChI is InChI=1S/C14H19BrN4/c1-10-12(9-18-19-10)3-2-6-17-14-5-4-11(8-16)7-13(14)15/h4-5,7,10,12,17-19H,2-3,6,9H2,1H3. The second-order valence-corrected chi connectivity index (χ2v) is 5.80. The molecule has 102 valence electrons. The van der Waals surface area contributed by atoms with Crippen molar-refractivity contribution in [3.8, 4) is 6.07 Å². The molecule has 0 amide bonds. The molecule has 1 aliphatic heterocycles. The van der Waals surface area contributed by atoms with Crippen molar-refractivity contribution in [1.82, 2.24) is 10.9 Å². The third-order valence-electron chi connectivity index (χ3n) is 3.57. The van der Waals surface area contributed by atoms with Crippen LogP contribution in [-0.4, -0.2) is 19.1 Å². The number of hydrogen-bond donors (Lipinski definition) is 3. The Balaban J connectivity index is 1.75. The second-order valence-electron chi connectivity index (χ2n) is 4.95. The maximum absolute atomic E-state index is 8.81. The lowest BCUT2D eigenvalue weighted by molar-refractivity contribution is 0.452. The summed E-state index contributed by atoms with van der Waals surface area (Å²) >= 11 is 3.48. The third-order valence-corrected chi connectivity index (χ3v) is 4.22. The van der Waals surface area contributed by atoms with Gasteiger partial charge < -0.3 is 5.32 Å². The van der Waals surface area contributed by atoms with E-state index in [1.165, 1.54) is 6.42 Å². The van der Waals surface area contributed by atoms with Gasteiger partial charge in [-0.3, -0.25) is 10.9 Å². The topological polar surface area (TPSA) is 59.9 Å². The average molecular weight is 323 g/mol. The lowest BCUT2D eigenvalue weighted by atomic mass is 9.98. The van der Waals surface area contributed by atoms with Crippen LogP contribution in [0, 0.1) is 17.2 Å². The monoisotopic (exact) mass is 322 g/mol. The first kappa shape index (κ1) is 14.3. The molecule has 1 saturated heterocycles. The maximum Gasteiger partial charge on any atom is 0.0992 e. The highest BCUT2D eigenvalue weighted by Crippen LogP contribution is 2.23. The normalized spacial score (nSPS) is 22.2. The lowest BCUT2D eigenvalue weighted by Crippen LogP contribution is -2.28. The molecule has 1 aliphatic rings. The molecular weight excluding hydrogens is 304 g/mol. The Morgan fingerprint density at radius 1 is 1.53 bits per heavy atom. The van der Waals surface area contributed by atoms with Gasteiger partial charge in [0.2, 0.25) is 0 Å². The molecular formula is C14H19BrN4. The number of nitrogens with zero attached hydrogens (tertiary/aromatic N) is 1. The molecule has 1 heterocycles. The van der Waals surface area contributed by atoms with Crippen molar-refractivity contribution in [2.24, 2.45) is 5.92 Å². The molecule has 4 nitrogen and oxygen atoms in total. The summed E-state index contributed by atoms with van der Waals surface area (Å²) in [5.41, 5.74) is 8.16. The van der Waals surface area contributed by atoms with Crippen molar-refractivity contribution in [2.45, 2.75) is 25.8 Å². The van der Waals surface area contributed by atoms with Gasteiger partial charge in [-0.1, -0.05) is 0 Å². The molecule has 1 fully saturated rings. The minimum absolute atomic E-state index is 0.557. The van der Waals surface area contributed by atoms with E-state index in [0.717, 1.165) is 29.7 Å². The summed E-state index contributed by atoms with van der Waals surface area (Å²) in [5, 5.41) is 12.2. The molecule has 0 radical (unpaired) electrons. The van der Waals surface area contributed by atoms with Crippen molar-refractivity contribution in [3.05, 3.63) is 28.2 Å². The van der Waals surface area contributed by atoms with E-state index in [1.807, 2.05) is 18.2 Å². The fraction of sp³-hybridized carbons (Fsp3) is 0.500. The zero-order valence-electron chi connectivity index (χ0n) is 11.0. The van der Waals surface area contributed by atoms with Crippen LogP contribution in [0.4, 0.5) is 5.69 Å². The van der Waals surface area contributed by atoms with Crippen LogP contribution in [0.15, 0.2) is 22.7 Å². The summed E-state index contributed by atoms with van der Waals surface area (Å²) in [5.74, 6) is 0.714. The van der Waals surface area contributed by atoms with Crippen LogP contribution in [0.5, 0.6) is 0 Å². The van der Waals surface area contributed by atoms with Gasteiger partial charge in [0.25, 0.3) is 0 Å². The van der Waals surface area contributed by atoms with Crippen molar-refractivity contribution in [3.63, 3.8) is 0 Å². The van der Waals surface area contributed by atoms with Gasteiger partial charge in [0, 0.05) is 29.3 Å². The molecule has 0 saturated carbocycles. The van der Waals surface area contributed by atoms with E-state index in [2.05, 4.69) is 45.1 Å². The summed E-state index contributed by atoms with van der Waals surface area (Å²) in [7, 11) is 0. The van der Waals surface area contributed by atoms with Crippen molar-refractivity contribution >= 4 is 21.6 Å². The number of anilines is 1. The average Bonchev–Trinajstić information content (AvgIpc) is 2.81. The Morgan fingerprint density at radius 2 is 2.37 bits per heavy atom. The molecule has 19 heavy (non-hydrogen) atoms. The van der Waals surface area contributed by atoms with Crippen molar-refractivity contribution < 1.29 is 0 Å². The van der Waals surface area contributed by atoms with Crippen molar-refractivity contribution in [1.29, 1.82) is 5.26 Å². The molecule has 1 aromatic rings. The fourth-order valence-electron chi connectivity index (χ4n) is 2.31. The van der Waals surface area contributed by atoms with Gasteiger partial charge in [-0.15, -0.1) is 0 Å². The highest BCUT2D eigenvalue weighted by atomic mass is 79.9. The number of rotatable bonds is 5. The molecule has 0 aromatic heterocycles. The predicted octanol–water partition coefficient (Wildman–Crippen LogP) is 2.63. The van der Waals surface area contributed by atoms with Gasteiger partial charge in [0.1, 0.15) is 0 Å². The molecule has 3 N–H and O–H groups in total. The second kappa shape index (κ2) is 6.90. The van der Waals surface area contributed by atoms with Gasteiger partial charge >= 0.3 is 0 Å². The number of hydrogen-bond acceptors (Lipinski definition) is 4. The smallest absolute Gasteiger partial charge is 0.0992 e. The first-order valence-electron chi connectivity index (χ1n) is 6.62. The molecule has 2 unspecified atom stereocenters. The van der Waals surface area contributed by atoms with Gasteiger partial charge in [-0.2, -0.15) is 5.26 Å². The maximum atomic E-state index is 8.81. The zero-order chi connectivity index (χ0) is 13.7. The van der Waals surface area contributed by atoms with Gasteiger partial charge in [0.15, 0.2) is 0 Å². The minimum Gasteiger partial charge on any atom is -0.384 e. The van der Waals surface area contributed by atoms with E-state index in [-0.39, 0.29) is 0 Å². The van der Waals surface area contributed by atoms with E-state index in [0.29, 0.717) is 17.5 Å². The number of benzene rings is 1. The number of nitrogens with one attached hydrogen (secondary N) is 3. The van der Waals surface area contributed by atoms with E-state index in [9.17, 15) is 0 Å². The predicted molar refractivity (Wildman–Crippen MR) is 80.7 cm³/mol. The Hall–Kier alpha value is -1.09. The zero-order valence-corrected chi connectivity index (χ0v) is 12.6. The Bertz CT molecular complexity index is 469. The summed E-state index contributed by atoms with van der Waals surface area (Å²) in [4.78, 5) is 0. The molecule has 0 spiro atoms. The SMILES string of the molecule is CC1NNCC1CCCNc1ccc(C#N)cc1Br. The number of hydrazine groups is 1. The molecule has 0 bridgehead atoms. The summed E-state index contributed by atoms with van der Waals surface area (Å²) in [6.07, 6.45) is 2.35. The van der Waals surface area contributed by atoms with Gasteiger partial charge in [0.05, 0.1) is 11.6 Å². The highest BCUT2D eigenvalue weighted by Gasteiger charge is 2.21. The van der Waals surface area contributed by atoms with Crippen LogP contribution in [0.1, 0.15) is 25.3 Å². The van der Waals surface area contributed by atoms with Gasteiger partial charge in [-0.05, 0) is 59.8 Å². The van der Waals surface area contributed by atoms with Crippen LogP contribution in [0.25, 0.3) is 0 Å². The summed E-state index contributed by atoms with van der Waals surface area (Å²) in [6.45, 7) is 4.23. The van der Waals surface area contributed by atoms with Crippen LogP contribution in [-0.2, 0) is 0 Å². The quantitative estimate of drug-likeness (QED) is 0.729. The fourth-order valence-corrected chi connectivity index (χ4v) is 2.83. The third kappa shape index (κ3) is 3.93. The molecule has 2 atom stereocenters. The Labute approximate surface area is 122 Å². The molecule has 0 aliphatic carbocycles. The minimum atomic E-state index is 0.557. The van der Waals surface area contributed by atoms with Crippen LogP contribution in [0.2, 0.25) is 0 Å². The highest BCUT2D eigenvalue weighted by molar-refractivity contribution is 9.10. The Kier molecular flexibility index (Phi) is 5.20. The van der Waals surface area contributed by atoms with Crippen molar-refractivity contribution in [2.75, 3.05) is 18.4 Å². The summed E-state index contributed by atoms with van der Waals surface area (Å²) < 4.78 is 0.948. The van der Waals surface area contributed by atoms with Crippen LogP contribution in [0.3, 0.4) is 0 Å². The van der Waals surface area contributed by atoms with Gasteiger partial charge in [-0.25, -0.2) is 0 Å². The first-order valence-corrected chi connectivity index (χ1v) is 7.42. The summed E-state index contributed by atoms with van der Waals surface area (Å²) in [6, 6.07) is 8.31. The number of halogens is 1. The lowest BCUT2D eigenvalue weighted by Gasteiger charge is -2.14. The van der Waals surface area contributed by atoms with Crippen LogP contribution < -0.4 is 16.2 Å². The molecule has 5 heteroatoms. The van der Waals surface area contributed by atoms with E-state index in [1.54, 1.807) is 0 Å². The Morgan fingerprint density at radius 3 is 3.00 bits per heavy atom. The van der Waals surface area contributed by atoms with E-state index in [4.69, 9.17) is 5.26 Å². The van der Waals surface area contributed by atoms with Crippen LogP contribution >= 0.6 is 15.9 Å². The van der Waals surface area contributed by atoms with E-state index < -0.39 is 0 Å². The molecule has 2 rings (SSSR count). The largest absolute Gasteiger partial charge is 0.384 e.